The molecule has 10 nitrogen and oxygen atoms in total. The van der Waals surface area contributed by atoms with Crippen molar-refractivity contribution in [1.82, 2.24) is 21.3 Å². The fraction of sp³-hybridized carbons (Fsp3) is 0.630. The number of aliphatic hydroxyl groups is 2. The zero-order valence-electron chi connectivity index (χ0n) is 22.2. The van der Waals surface area contributed by atoms with E-state index in [4.69, 9.17) is 0 Å². The van der Waals surface area contributed by atoms with Crippen LogP contribution < -0.4 is 21.3 Å². The summed E-state index contributed by atoms with van der Waals surface area (Å²) in [5, 5.41) is 30.7. The molecule has 0 fully saturated rings. The van der Waals surface area contributed by atoms with Crippen molar-refractivity contribution in [3.8, 4) is 0 Å². The van der Waals surface area contributed by atoms with Crippen molar-refractivity contribution in [2.45, 2.75) is 102 Å². The number of allylic oxidation sites excluding steroid dienone is 3. The van der Waals surface area contributed by atoms with E-state index in [-0.39, 0.29) is 25.3 Å². The molecule has 208 valence electrons. The lowest BCUT2D eigenvalue weighted by Crippen LogP contribution is -2.58. The number of hydrogen-bond acceptors (Lipinski definition) is 6. The quantitative estimate of drug-likeness (QED) is 0.129. The number of carbonyl (C=O) groups is 4. The second kappa shape index (κ2) is 18.3. The minimum atomic E-state index is -1.30. The van der Waals surface area contributed by atoms with E-state index in [1.807, 2.05) is 6.08 Å². The molecule has 5 atom stereocenters. The van der Waals surface area contributed by atoms with E-state index < -0.39 is 48.1 Å². The Morgan fingerprint density at radius 2 is 1.92 bits per heavy atom. The molecule has 0 aliphatic carbocycles. The zero-order chi connectivity index (χ0) is 27.6. The lowest BCUT2D eigenvalue weighted by atomic mass is 10.0. The molecule has 0 unspecified atom stereocenters. The van der Waals surface area contributed by atoms with Crippen LogP contribution in [0.25, 0.3) is 0 Å². The first-order valence-electron chi connectivity index (χ1n) is 13.2. The van der Waals surface area contributed by atoms with Crippen molar-refractivity contribution in [2.75, 3.05) is 6.54 Å². The van der Waals surface area contributed by atoms with Gasteiger partial charge in [0.2, 0.25) is 23.6 Å². The summed E-state index contributed by atoms with van der Waals surface area (Å²) in [6, 6.07) is -2.92. The van der Waals surface area contributed by atoms with Crippen LogP contribution in [0.5, 0.6) is 0 Å². The zero-order valence-corrected chi connectivity index (χ0v) is 22.2. The summed E-state index contributed by atoms with van der Waals surface area (Å²) in [4.78, 5) is 49.7. The number of unbranched alkanes of at least 4 members (excludes halogenated alkanes) is 5. The normalized spacial score (nSPS) is 23.0. The molecule has 1 rings (SSSR count). The van der Waals surface area contributed by atoms with Crippen LogP contribution in [0.3, 0.4) is 0 Å². The highest BCUT2D eigenvalue weighted by atomic mass is 16.3. The largest absolute Gasteiger partial charge is 0.393 e. The van der Waals surface area contributed by atoms with Crippen LogP contribution in [-0.2, 0) is 19.2 Å². The highest BCUT2D eigenvalue weighted by molar-refractivity contribution is 5.95. The lowest BCUT2D eigenvalue weighted by molar-refractivity contribution is -0.134. The molecule has 10 heteroatoms. The van der Waals surface area contributed by atoms with Crippen molar-refractivity contribution in [2.24, 2.45) is 0 Å². The number of rotatable bonds is 12. The van der Waals surface area contributed by atoms with Crippen molar-refractivity contribution in [3.63, 3.8) is 0 Å². The SMILES string of the molecule is CCCCCCCC=CC=CC(=O)N[C@H](C(=O)N[C@@H]1C[C@@H](O)CCNC(=O)C=C[C@H](C)NC1=O)[C@@H](C)O. The van der Waals surface area contributed by atoms with Gasteiger partial charge < -0.3 is 31.5 Å². The van der Waals surface area contributed by atoms with Gasteiger partial charge >= 0.3 is 0 Å². The fourth-order valence-electron chi connectivity index (χ4n) is 3.70. The smallest absolute Gasteiger partial charge is 0.245 e. The van der Waals surface area contributed by atoms with Gasteiger partial charge in [-0.1, -0.05) is 56.9 Å². The minimum Gasteiger partial charge on any atom is -0.393 e. The Labute approximate surface area is 220 Å². The van der Waals surface area contributed by atoms with Gasteiger partial charge in [0.15, 0.2) is 0 Å². The Morgan fingerprint density at radius 3 is 2.62 bits per heavy atom. The monoisotopic (exact) mass is 520 g/mol. The average molecular weight is 521 g/mol. The van der Waals surface area contributed by atoms with E-state index in [0.717, 1.165) is 12.8 Å². The van der Waals surface area contributed by atoms with Crippen LogP contribution in [0.15, 0.2) is 36.5 Å². The standard InChI is InChI=1S/C27H44N4O6/c1-4-5-6-7-8-9-10-11-12-13-24(35)31-25(20(3)32)27(37)30-22-18-21(33)16-17-28-23(34)15-14-19(2)29-26(22)36/h10-15,19-22,25,32-33H,4-9,16-18H2,1-3H3,(H,28,34)(H,29,36)(H,30,37)(H,31,35)/t19-,20+,21-,22+,25-/m0/s1. The Bertz CT molecular complexity index is 824. The number of nitrogens with one attached hydrogen (secondary N) is 4. The predicted octanol–water partition coefficient (Wildman–Crippen LogP) is 1.14. The van der Waals surface area contributed by atoms with E-state index in [1.165, 1.54) is 50.8 Å². The molecule has 0 aromatic heterocycles. The van der Waals surface area contributed by atoms with Crippen molar-refractivity contribution >= 4 is 23.6 Å². The van der Waals surface area contributed by atoms with E-state index in [9.17, 15) is 29.4 Å². The van der Waals surface area contributed by atoms with Crippen molar-refractivity contribution in [3.05, 3.63) is 36.5 Å². The Hall–Kier alpha value is -2.98. The summed E-state index contributed by atoms with van der Waals surface area (Å²) in [7, 11) is 0. The van der Waals surface area contributed by atoms with Gasteiger partial charge in [-0.25, -0.2) is 0 Å². The number of aliphatic hydroxyl groups excluding tert-OH is 2. The molecule has 6 N–H and O–H groups in total. The van der Waals surface area contributed by atoms with Crippen LogP contribution in [0.1, 0.15) is 72.1 Å². The maximum Gasteiger partial charge on any atom is 0.245 e. The molecule has 0 radical (unpaired) electrons. The van der Waals surface area contributed by atoms with Crippen LogP contribution in [0, 0.1) is 0 Å². The summed E-state index contributed by atoms with van der Waals surface area (Å²) in [5.41, 5.74) is 0. The molecule has 37 heavy (non-hydrogen) atoms. The first kappa shape index (κ1) is 32.0. The van der Waals surface area contributed by atoms with E-state index in [2.05, 4.69) is 28.2 Å². The Morgan fingerprint density at radius 1 is 1.19 bits per heavy atom. The summed E-state index contributed by atoms with van der Waals surface area (Å²) in [5.74, 6) is -2.20. The molecule has 0 saturated heterocycles. The third kappa shape index (κ3) is 14.4. The molecule has 1 aliphatic heterocycles. The minimum absolute atomic E-state index is 0.104. The van der Waals surface area contributed by atoms with Crippen LogP contribution >= 0.6 is 0 Å². The fourth-order valence-corrected chi connectivity index (χ4v) is 3.70. The third-order valence-electron chi connectivity index (χ3n) is 5.86. The van der Waals surface area contributed by atoms with Gasteiger partial charge in [0.25, 0.3) is 0 Å². The first-order chi connectivity index (χ1) is 17.6. The van der Waals surface area contributed by atoms with Gasteiger partial charge in [-0.2, -0.15) is 0 Å². The summed E-state index contributed by atoms with van der Waals surface area (Å²) < 4.78 is 0. The van der Waals surface area contributed by atoms with Crippen LogP contribution in [0.4, 0.5) is 0 Å². The van der Waals surface area contributed by atoms with E-state index >= 15 is 0 Å². The third-order valence-corrected chi connectivity index (χ3v) is 5.86. The van der Waals surface area contributed by atoms with Gasteiger partial charge in [-0.05, 0) is 33.1 Å². The summed E-state index contributed by atoms with van der Waals surface area (Å²) >= 11 is 0. The number of carbonyl (C=O) groups excluding carboxylic acids is 4. The molecular formula is C27H44N4O6. The highest BCUT2D eigenvalue weighted by Crippen LogP contribution is 2.07. The number of amides is 4. The van der Waals surface area contributed by atoms with Crippen LogP contribution in [0.2, 0.25) is 0 Å². The topological polar surface area (TPSA) is 157 Å². The highest BCUT2D eigenvalue weighted by Gasteiger charge is 2.31. The molecule has 1 aliphatic rings. The second-order valence-corrected chi connectivity index (χ2v) is 9.40. The van der Waals surface area contributed by atoms with E-state index in [0.29, 0.717) is 0 Å². The summed E-state index contributed by atoms with van der Waals surface area (Å²) in [6.07, 6.45) is 14.1. The molecule has 0 aromatic carbocycles. The lowest BCUT2D eigenvalue weighted by Gasteiger charge is -2.26. The molecule has 4 amide bonds. The Balaban J connectivity index is 2.73. The predicted molar refractivity (Wildman–Crippen MR) is 142 cm³/mol. The molecule has 0 spiro atoms. The molecular weight excluding hydrogens is 476 g/mol. The maximum absolute atomic E-state index is 12.9. The van der Waals surface area contributed by atoms with Crippen LogP contribution in [-0.4, -0.2) is 70.7 Å². The molecule has 1 heterocycles. The molecule has 0 aromatic rings. The van der Waals surface area contributed by atoms with Gasteiger partial charge in [0, 0.05) is 31.2 Å². The van der Waals surface area contributed by atoms with Gasteiger partial charge in [0.1, 0.15) is 12.1 Å². The van der Waals surface area contributed by atoms with Gasteiger partial charge in [-0.3, -0.25) is 19.2 Å². The number of hydrogen-bond donors (Lipinski definition) is 6. The second-order valence-electron chi connectivity index (χ2n) is 9.40. The van der Waals surface area contributed by atoms with Crippen molar-refractivity contribution in [1.29, 1.82) is 0 Å². The van der Waals surface area contributed by atoms with Gasteiger partial charge in [-0.15, -0.1) is 0 Å². The molecule has 0 saturated carbocycles. The van der Waals surface area contributed by atoms with Crippen molar-refractivity contribution < 1.29 is 29.4 Å². The maximum atomic E-state index is 12.9. The first-order valence-corrected chi connectivity index (χ1v) is 13.2. The summed E-state index contributed by atoms with van der Waals surface area (Å²) in [6.45, 7) is 5.40. The van der Waals surface area contributed by atoms with E-state index in [1.54, 1.807) is 19.1 Å². The Kier molecular flexibility index (Phi) is 15.8. The molecule has 0 bridgehead atoms. The average Bonchev–Trinajstić information content (AvgIpc) is 2.83. The van der Waals surface area contributed by atoms with Gasteiger partial charge in [0.05, 0.1) is 12.2 Å².